The zero-order valence-electron chi connectivity index (χ0n) is 13.2. The van der Waals surface area contributed by atoms with Crippen molar-refractivity contribution in [2.45, 2.75) is 6.10 Å². The first kappa shape index (κ1) is 16.6. The van der Waals surface area contributed by atoms with E-state index in [1.54, 1.807) is 6.07 Å². The number of benzene rings is 3. The third kappa shape index (κ3) is 3.64. The van der Waals surface area contributed by atoms with Crippen LogP contribution in [0.2, 0.25) is 0 Å². The second-order valence-corrected chi connectivity index (χ2v) is 5.58. The summed E-state index contributed by atoms with van der Waals surface area (Å²) in [7, 11) is 0. The molecular formula is C19H16N2O4. The molecule has 0 aliphatic heterocycles. The first-order valence-corrected chi connectivity index (χ1v) is 7.69. The van der Waals surface area contributed by atoms with Crippen LogP contribution in [0.15, 0.2) is 65.7 Å². The van der Waals surface area contributed by atoms with Gasteiger partial charge in [0.15, 0.2) is 0 Å². The number of phenols is 1. The summed E-state index contributed by atoms with van der Waals surface area (Å²) in [5.74, 6) is 0.118. The number of hydrogen-bond acceptors (Lipinski definition) is 5. The van der Waals surface area contributed by atoms with E-state index in [9.17, 15) is 20.3 Å². The molecule has 3 aromatic carbocycles. The molecule has 1 atom stereocenters. The van der Waals surface area contributed by atoms with Crippen LogP contribution in [0.5, 0.6) is 5.75 Å². The highest BCUT2D eigenvalue weighted by molar-refractivity contribution is 6.02. The van der Waals surface area contributed by atoms with Gasteiger partial charge in [0.1, 0.15) is 5.75 Å². The van der Waals surface area contributed by atoms with E-state index in [2.05, 4.69) is 4.99 Å². The van der Waals surface area contributed by atoms with E-state index < -0.39 is 11.0 Å². The Hall–Kier alpha value is -3.25. The second kappa shape index (κ2) is 7.11. The molecule has 6 heteroatoms. The highest BCUT2D eigenvalue weighted by Gasteiger charge is 2.10. The average Bonchev–Trinajstić information content (AvgIpc) is 2.63. The predicted molar refractivity (Wildman–Crippen MR) is 96.1 cm³/mol. The number of fused-ring (bicyclic) bond motifs is 1. The standard InChI is InChI=1S/C19H16N2O4/c22-18-10-7-13-3-1-2-4-16(13)17(18)11-20-12-19(23)14-5-8-15(9-6-14)21(24)25/h1-11,19,22-23H,12H2/t19-/m1/s1. The highest BCUT2D eigenvalue weighted by atomic mass is 16.6. The van der Waals surface area contributed by atoms with E-state index in [1.165, 1.54) is 30.5 Å². The maximum Gasteiger partial charge on any atom is 0.269 e. The summed E-state index contributed by atoms with van der Waals surface area (Å²) in [5, 5.41) is 32.7. The van der Waals surface area contributed by atoms with Gasteiger partial charge in [-0.15, -0.1) is 0 Å². The van der Waals surface area contributed by atoms with E-state index >= 15 is 0 Å². The van der Waals surface area contributed by atoms with Gasteiger partial charge in [0.05, 0.1) is 17.6 Å². The summed E-state index contributed by atoms with van der Waals surface area (Å²) >= 11 is 0. The van der Waals surface area contributed by atoms with Gasteiger partial charge >= 0.3 is 0 Å². The molecule has 0 unspecified atom stereocenters. The lowest BCUT2D eigenvalue weighted by Gasteiger charge is -2.08. The first-order valence-electron chi connectivity index (χ1n) is 7.69. The van der Waals surface area contributed by atoms with Crippen LogP contribution in [-0.2, 0) is 0 Å². The van der Waals surface area contributed by atoms with E-state index in [1.807, 2.05) is 30.3 Å². The summed E-state index contributed by atoms with van der Waals surface area (Å²) in [6.07, 6.45) is 0.654. The number of aliphatic hydroxyl groups is 1. The smallest absolute Gasteiger partial charge is 0.269 e. The Kier molecular flexibility index (Phi) is 4.72. The van der Waals surface area contributed by atoms with Crippen molar-refractivity contribution in [1.82, 2.24) is 0 Å². The van der Waals surface area contributed by atoms with Gasteiger partial charge in [-0.2, -0.15) is 0 Å². The SMILES string of the molecule is O=[N+]([O-])c1ccc([C@H](O)CN=Cc2c(O)ccc3ccccc23)cc1. The molecule has 3 aromatic rings. The quantitative estimate of drug-likeness (QED) is 0.423. The fourth-order valence-corrected chi connectivity index (χ4v) is 2.59. The summed E-state index contributed by atoms with van der Waals surface area (Å²) in [5.41, 5.74) is 1.11. The van der Waals surface area contributed by atoms with E-state index in [0.29, 0.717) is 11.1 Å². The Morgan fingerprint density at radius 2 is 1.80 bits per heavy atom. The van der Waals surface area contributed by atoms with Crippen molar-refractivity contribution in [3.63, 3.8) is 0 Å². The molecule has 6 nitrogen and oxygen atoms in total. The number of phenolic OH excluding ortho intramolecular Hbond substituents is 1. The van der Waals surface area contributed by atoms with E-state index in [4.69, 9.17) is 0 Å². The van der Waals surface area contributed by atoms with Crippen molar-refractivity contribution in [2.75, 3.05) is 6.54 Å². The lowest BCUT2D eigenvalue weighted by Crippen LogP contribution is -2.02. The van der Waals surface area contributed by atoms with Crippen molar-refractivity contribution in [3.8, 4) is 5.75 Å². The third-order valence-corrected chi connectivity index (χ3v) is 3.94. The minimum absolute atomic E-state index is 0.0277. The molecule has 2 N–H and O–H groups in total. The maximum atomic E-state index is 10.6. The number of nitro groups is 1. The number of rotatable bonds is 5. The Morgan fingerprint density at radius 3 is 2.52 bits per heavy atom. The number of aromatic hydroxyl groups is 1. The van der Waals surface area contributed by atoms with Crippen LogP contribution in [0.1, 0.15) is 17.2 Å². The van der Waals surface area contributed by atoms with Gasteiger partial charge in [-0.1, -0.05) is 30.3 Å². The van der Waals surface area contributed by atoms with Gasteiger partial charge in [-0.25, -0.2) is 0 Å². The van der Waals surface area contributed by atoms with Gasteiger partial charge < -0.3 is 10.2 Å². The van der Waals surface area contributed by atoms with Crippen LogP contribution < -0.4 is 0 Å². The zero-order valence-corrected chi connectivity index (χ0v) is 13.2. The molecule has 0 aliphatic rings. The van der Waals surface area contributed by atoms with Gasteiger partial charge in [0.25, 0.3) is 5.69 Å². The molecule has 126 valence electrons. The molecule has 0 saturated carbocycles. The van der Waals surface area contributed by atoms with E-state index in [-0.39, 0.29) is 18.0 Å². The summed E-state index contributed by atoms with van der Waals surface area (Å²) in [6.45, 7) is 0.0838. The van der Waals surface area contributed by atoms with Crippen LogP contribution in [0.25, 0.3) is 10.8 Å². The lowest BCUT2D eigenvalue weighted by atomic mass is 10.0. The normalized spacial score (nSPS) is 12.5. The van der Waals surface area contributed by atoms with Crippen LogP contribution >= 0.6 is 0 Å². The highest BCUT2D eigenvalue weighted by Crippen LogP contribution is 2.25. The first-order chi connectivity index (χ1) is 12.1. The summed E-state index contributed by atoms with van der Waals surface area (Å²) in [6, 6.07) is 16.8. The molecule has 0 spiro atoms. The van der Waals surface area contributed by atoms with Crippen molar-refractivity contribution in [1.29, 1.82) is 0 Å². The minimum Gasteiger partial charge on any atom is -0.507 e. The molecule has 0 heterocycles. The van der Waals surface area contributed by atoms with Gasteiger partial charge in [0.2, 0.25) is 0 Å². The Bertz CT molecular complexity index is 936. The van der Waals surface area contributed by atoms with Gasteiger partial charge in [0, 0.05) is 23.9 Å². The predicted octanol–water partition coefficient (Wildman–Crippen LogP) is 3.61. The van der Waals surface area contributed by atoms with Gasteiger partial charge in [-0.05, 0) is 34.5 Å². The van der Waals surface area contributed by atoms with Crippen LogP contribution in [-0.4, -0.2) is 27.9 Å². The number of nitrogens with zero attached hydrogens (tertiary/aromatic N) is 2. The number of aliphatic hydroxyl groups excluding tert-OH is 1. The Balaban J connectivity index is 1.77. The number of non-ortho nitro benzene ring substituents is 1. The molecule has 0 aliphatic carbocycles. The topological polar surface area (TPSA) is 96.0 Å². The minimum atomic E-state index is -0.880. The summed E-state index contributed by atoms with van der Waals surface area (Å²) < 4.78 is 0. The fourth-order valence-electron chi connectivity index (χ4n) is 2.59. The number of aliphatic imine (C=N–C) groups is 1. The monoisotopic (exact) mass is 336 g/mol. The number of nitro benzene ring substituents is 1. The molecule has 25 heavy (non-hydrogen) atoms. The molecule has 0 fully saturated rings. The van der Waals surface area contributed by atoms with Crippen molar-refractivity contribution in [3.05, 3.63) is 81.9 Å². The molecule has 0 amide bonds. The molecule has 0 aromatic heterocycles. The molecule has 0 bridgehead atoms. The molecule has 0 saturated heterocycles. The Labute approximate surface area is 143 Å². The summed E-state index contributed by atoms with van der Waals surface area (Å²) in [4.78, 5) is 14.4. The van der Waals surface area contributed by atoms with E-state index in [0.717, 1.165) is 10.8 Å². The number of hydrogen-bond donors (Lipinski definition) is 2. The van der Waals surface area contributed by atoms with Crippen LogP contribution in [0.3, 0.4) is 0 Å². The largest absolute Gasteiger partial charge is 0.507 e. The Morgan fingerprint density at radius 1 is 1.08 bits per heavy atom. The third-order valence-electron chi connectivity index (χ3n) is 3.94. The molecule has 0 radical (unpaired) electrons. The van der Waals surface area contributed by atoms with Crippen LogP contribution in [0.4, 0.5) is 5.69 Å². The maximum absolute atomic E-state index is 10.6. The van der Waals surface area contributed by atoms with Crippen molar-refractivity contribution in [2.24, 2.45) is 4.99 Å². The van der Waals surface area contributed by atoms with Gasteiger partial charge in [-0.3, -0.25) is 15.1 Å². The second-order valence-electron chi connectivity index (χ2n) is 5.58. The average molecular weight is 336 g/mol. The fraction of sp³-hybridized carbons (Fsp3) is 0.105. The molecule has 3 rings (SSSR count). The molecular weight excluding hydrogens is 320 g/mol. The van der Waals surface area contributed by atoms with Crippen molar-refractivity contribution >= 4 is 22.7 Å². The van der Waals surface area contributed by atoms with Crippen LogP contribution in [0, 0.1) is 10.1 Å². The van der Waals surface area contributed by atoms with Crippen molar-refractivity contribution < 1.29 is 15.1 Å². The lowest BCUT2D eigenvalue weighted by molar-refractivity contribution is -0.384. The zero-order chi connectivity index (χ0) is 17.8.